The number of fused-ring (bicyclic) bond motifs is 1. The Morgan fingerprint density at radius 1 is 1.22 bits per heavy atom. The van der Waals surface area contributed by atoms with E-state index in [1.165, 1.54) is 10.4 Å². The first-order valence-corrected chi connectivity index (χ1v) is 12.1. The number of benzene rings is 1. The fourth-order valence-corrected chi connectivity index (χ4v) is 5.22. The molecule has 1 atom stereocenters. The molecule has 7 nitrogen and oxygen atoms in total. The van der Waals surface area contributed by atoms with Gasteiger partial charge in [0.25, 0.3) is 0 Å². The Kier molecular flexibility index (Phi) is 6.81. The summed E-state index contributed by atoms with van der Waals surface area (Å²) >= 11 is 1.57. The Morgan fingerprint density at radius 3 is 2.75 bits per heavy atom. The van der Waals surface area contributed by atoms with Crippen molar-refractivity contribution in [2.45, 2.75) is 58.7 Å². The number of carbonyl (C=O) groups is 2. The van der Waals surface area contributed by atoms with Crippen LogP contribution < -0.4 is 5.32 Å². The molecule has 0 radical (unpaired) electrons. The van der Waals surface area contributed by atoms with E-state index < -0.39 is 5.60 Å². The highest BCUT2D eigenvalue weighted by Gasteiger charge is 2.31. The van der Waals surface area contributed by atoms with Crippen molar-refractivity contribution in [3.63, 3.8) is 0 Å². The maximum Gasteiger partial charge on any atom is 0.410 e. The quantitative estimate of drug-likeness (QED) is 0.743. The minimum absolute atomic E-state index is 0.0644. The van der Waals surface area contributed by atoms with Crippen molar-refractivity contribution in [2.24, 2.45) is 5.92 Å². The third-order valence-electron chi connectivity index (χ3n) is 5.73. The van der Waals surface area contributed by atoms with Gasteiger partial charge in [0.2, 0.25) is 5.91 Å². The first-order valence-electron chi connectivity index (χ1n) is 11.3. The molecule has 8 heteroatoms. The molecule has 3 heterocycles. The van der Waals surface area contributed by atoms with Gasteiger partial charge in [0.05, 0.1) is 11.6 Å². The Labute approximate surface area is 193 Å². The Morgan fingerprint density at radius 2 is 2.00 bits per heavy atom. The zero-order valence-corrected chi connectivity index (χ0v) is 19.9. The molecule has 1 fully saturated rings. The van der Waals surface area contributed by atoms with Crippen molar-refractivity contribution in [2.75, 3.05) is 25.0 Å². The van der Waals surface area contributed by atoms with Crippen LogP contribution in [0.1, 0.15) is 49.7 Å². The number of carbonyl (C=O) groups excluding carboxylic acids is 2. The van der Waals surface area contributed by atoms with Crippen LogP contribution in [0.4, 0.5) is 9.93 Å². The summed E-state index contributed by atoms with van der Waals surface area (Å²) in [5.41, 5.74) is 1.86. The second-order valence-electron chi connectivity index (χ2n) is 9.59. The minimum atomic E-state index is -0.541. The summed E-state index contributed by atoms with van der Waals surface area (Å²) in [6.45, 7) is 9.31. The van der Waals surface area contributed by atoms with Gasteiger partial charge in [-0.15, -0.1) is 11.3 Å². The predicted octanol–water partition coefficient (Wildman–Crippen LogP) is 4.29. The van der Waals surface area contributed by atoms with E-state index in [0.717, 1.165) is 44.6 Å². The number of amides is 2. The van der Waals surface area contributed by atoms with Gasteiger partial charge >= 0.3 is 6.09 Å². The van der Waals surface area contributed by atoms with Gasteiger partial charge in [0.1, 0.15) is 5.60 Å². The predicted molar refractivity (Wildman–Crippen MR) is 126 cm³/mol. The number of hydrogen-bond acceptors (Lipinski definition) is 6. The highest BCUT2D eigenvalue weighted by atomic mass is 32.1. The molecule has 0 spiro atoms. The number of nitrogens with one attached hydrogen (secondary N) is 1. The molecule has 0 aliphatic carbocycles. The molecule has 1 aromatic carbocycles. The van der Waals surface area contributed by atoms with Crippen LogP contribution in [0.25, 0.3) is 0 Å². The van der Waals surface area contributed by atoms with Gasteiger partial charge in [-0.25, -0.2) is 9.78 Å². The molecule has 0 bridgehead atoms. The second kappa shape index (κ2) is 9.58. The van der Waals surface area contributed by atoms with E-state index in [-0.39, 0.29) is 17.9 Å². The summed E-state index contributed by atoms with van der Waals surface area (Å²) in [6, 6.07) is 10.5. The summed E-state index contributed by atoms with van der Waals surface area (Å²) in [5, 5.41) is 3.68. The number of rotatable bonds is 4. The molecule has 1 saturated heterocycles. The lowest BCUT2D eigenvalue weighted by Gasteiger charge is -2.33. The number of ether oxygens (including phenoxy) is 1. The topological polar surface area (TPSA) is 74.8 Å². The fourth-order valence-electron chi connectivity index (χ4n) is 4.17. The van der Waals surface area contributed by atoms with Crippen molar-refractivity contribution < 1.29 is 14.3 Å². The number of nitrogens with zero attached hydrogens (tertiary/aromatic N) is 3. The number of anilines is 1. The van der Waals surface area contributed by atoms with E-state index in [4.69, 9.17) is 4.74 Å². The standard InChI is InChI=1S/C24H32N4O3S/c1-24(2,3)31-23(30)28-12-7-10-18(15-28)21(29)26-22-25-19-11-13-27(16-20(19)32-22)14-17-8-5-4-6-9-17/h4-6,8-9,18H,7,10-16H2,1-3H3,(H,25,26,29). The lowest BCUT2D eigenvalue weighted by atomic mass is 9.97. The van der Waals surface area contributed by atoms with Crippen molar-refractivity contribution in [3.05, 3.63) is 46.5 Å². The first kappa shape index (κ1) is 22.7. The molecule has 172 valence electrons. The lowest BCUT2D eigenvalue weighted by molar-refractivity contribution is -0.121. The third-order valence-corrected chi connectivity index (χ3v) is 6.73. The lowest BCUT2D eigenvalue weighted by Crippen LogP contribution is -2.45. The number of piperidine rings is 1. The van der Waals surface area contributed by atoms with Crippen LogP contribution in [0.2, 0.25) is 0 Å². The molecule has 1 aromatic heterocycles. The first-order chi connectivity index (χ1) is 15.3. The van der Waals surface area contributed by atoms with E-state index in [1.54, 1.807) is 16.2 Å². The Bertz CT molecular complexity index is 954. The number of hydrogen-bond donors (Lipinski definition) is 1. The van der Waals surface area contributed by atoms with Crippen LogP contribution in [0, 0.1) is 5.92 Å². The average molecular weight is 457 g/mol. The molecule has 2 aliphatic rings. The molecule has 32 heavy (non-hydrogen) atoms. The highest BCUT2D eigenvalue weighted by Crippen LogP contribution is 2.30. The molecule has 0 saturated carbocycles. The summed E-state index contributed by atoms with van der Waals surface area (Å²) < 4.78 is 5.47. The van der Waals surface area contributed by atoms with Crippen LogP contribution in [0.5, 0.6) is 0 Å². The van der Waals surface area contributed by atoms with Gasteiger partial charge in [-0.2, -0.15) is 0 Å². The van der Waals surface area contributed by atoms with Gasteiger partial charge < -0.3 is 15.0 Å². The number of likely N-dealkylation sites (tertiary alicyclic amines) is 1. The monoisotopic (exact) mass is 456 g/mol. The van der Waals surface area contributed by atoms with Gasteiger partial charge in [0.15, 0.2) is 5.13 Å². The number of thiazole rings is 1. The molecule has 4 rings (SSSR count). The summed E-state index contributed by atoms with van der Waals surface area (Å²) in [4.78, 5) is 35.3. The zero-order valence-electron chi connectivity index (χ0n) is 19.1. The Hall–Kier alpha value is -2.45. The average Bonchev–Trinajstić information content (AvgIpc) is 3.15. The molecule has 2 aromatic rings. The molecule has 1 unspecified atom stereocenters. The zero-order chi connectivity index (χ0) is 22.7. The highest BCUT2D eigenvalue weighted by molar-refractivity contribution is 7.15. The Balaban J connectivity index is 1.33. The van der Waals surface area contributed by atoms with Crippen molar-refractivity contribution in [3.8, 4) is 0 Å². The molecule has 2 amide bonds. The third kappa shape index (κ3) is 5.86. The second-order valence-corrected chi connectivity index (χ2v) is 10.7. The molecule has 2 aliphatic heterocycles. The van der Waals surface area contributed by atoms with Gasteiger partial charge in [-0.3, -0.25) is 9.69 Å². The van der Waals surface area contributed by atoms with E-state index in [9.17, 15) is 9.59 Å². The van der Waals surface area contributed by atoms with Gasteiger partial charge in [0, 0.05) is 44.0 Å². The minimum Gasteiger partial charge on any atom is -0.444 e. The van der Waals surface area contributed by atoms with Crippen LogP contribution in [-0.4, -0.2) is 52.0 Å². The van der Waals surface area contributed by atoms with Crippen molar-refractivity contribution >= 4 is 28.5 Å². The van der Waals surface area contributed by atoms with E-state index in [2.05, 4.69) is 39.5 Å². The maximum atomic E-state index is 12.9. The van der Waals surface area contributed by atoms with Crippen LogP contribution >= 0.6 is 11.3 Å². The molecular weight excluding hydrogens is 424 g/mol. The normalized spacial score (nSPS) is 19.3. The van der Waals surface area contributed by atoms with Gasteiger partial charge in [-0.1, -0.05) is 30.3 Å². The van der Waals surface area contributed by atoms with E-state index in [1.807, 2.05) is 26.8 Å². The smallest absolute Gasteiger partial charge is 0.410 e. The maximum absolute atomic E-state index is 12.9. The number of aromatic nitrogens is 1. The SMILES string of the molecule is CC(C)(C)OC(=O)N1CCCC(C(=O)Nc2nc3c(s2)CN(Cc2ccccc2)CC3)C1. The molecule has 1 N–H and O–H groups in total. The van der Waals surface area contributed by atoms with Crippen molar-refractivity contribution in [1.82, 2.24) is 14.8 Å². The summed E-state index contributed by atoms with van der Waals surface area (Å²) in [5.74, 6) is -0.308. The van der Waals surface area contributed by atoms with Crippen LogP contribution in [0.3, 0.4) is 0 Å². The van der Waals surface area contributed by atoms with E-state index >= 15 is 0 Å². The largest absolute Gasteiger partial charge is 0.444 e. The summed E-state index contributed by atoms with van der Waals surface area (Å²) in [7, 11) is 0. The van der Waals surface area contributed by atoms with Gasteiger partial charge in [-0.05, 0) is 39.2 Å². The van der Waals surface area contributed by atoms with Crippen LogP contribution in [0.15, 0.2) is 30.3 Å². The fraction of sp³-hybridized carbons (Fsp3) is 0.542. The summed E-state index contributed by atoms with van der Waals surface area (Å²) in [6.07, 6.45) is 2.10. The molecular formula is C24H32N4O3S. The van der Waals surface area contributed by atoms with Crippen LogP contribution in [-0.2, 0) is 29.0 Å². The van der Waals surface area contributed by atoms with E-state index in [0.29, 0.717) is 18.2 Å². The van der Waals surface area contributed by atoms with Crippen molar-refractivity contribution in [1.29, 1.82) is 0 Å².